The Morgan fingerprint density at radius 2 is 1.48 bits per heavy atom. The van der Waals surface area contributed by atoms with Gasteiger partial charge in [0.2, 0.25) is 0 Å². The Labute approximate surface area is 131 Å². The summed E-state index contributed by atoms with van der Waals surface area (Å²) in [6.45, 7) is 6.37. The Hall–Kier alpha value is -0.660. The third-order valence-corrected chi connectivity index (χ3v) is 4.84. The molecule has 0 aromatic heterocycles. The minimum Gasteiger partial charge on any atom is -0.300 e. The zero-order valence-corrected chi connectivity index (χ0v) is 14.3. The van der Waals surface area contributed by atoms with Crippen molar-refractivity contribution in [3.8, 4) is 0 Å². The van der Waals surface area contributed by atoms with Crippen molar-refractivity contribution in [1.29, 1.82) is 0 Å². The summed E-state index contributed by atoms with van der Waals surface area (Å²) in [4.78, 5) is 23.6. The molecule has 1 fully saturated rings. The molecule has 0 aromatic rings. The molecule has 1 aliphatic rings. The molecule has 2 nitrogen and oxygen atoms in total. The van der Waals surface area contributed by atoms with Crippen LogP contribution in [0.2, 0.25) is 0 Å². The highest BCUT2D eigenvalue weighted by molar-refractivity contribution is 5.86. The SMILES string of the molecule is CCCC1CCCCC1CCC(=O)CCC(=O)CC(C)C. The summed E-state index contributed by atoms with van der Waals surface area (Å²) in [5.74, 6) is 2.56. The molecule has 0 N–H and O–H groups in total. The van der Waals surface area contributed by atoms with Crippen LogP contribution in [0.25, 0.3) is 0 Å². The summed E-state index contributed by atoms with van der Waals surface area (Å²) in [6, 6.07) is 0. The zero-order valence-electron chi connectivity index (χ0n) is 14.3. The van der Waals surface area contributed by atoms with E-state index in [0.717, 1.165) is 18.3 Å². The van der Waals surface area contributed by atoms with Gasteiger partial charge in [-0.05, 0) is 24.2 Å². The predicted octanol–water partition coefficient (Wildman–Crippen LogP) is 5.34. The van der Waals surface area contributed by atoms with Gasteiger partial charge in [-0.25, -0.2) is 0 Å². The molecule has 2 heteroatoms. The van der Waals surface area contributed by atoms with E-state index >= 15 is 0 Å². The van der Waals surface area contributed by atoms with Gasteiger partial charge in [0.1, 0.15) is 11.6 Å². The topological polar surface area (TPSA) is 34.1 Å². The number of Topliss-reactive ketones (excluding diaryl/α,β-unsaturated/α-hetero) is 2. The van der Waals surface area contributed by atoms with Crippen molar-refractivity contribution in [3.63, 3.8) is 0 Å². The van der Waals surface area contributed by atoms with Gasteiger partial charge in [0.15, 0.2) is 0 Å². The molecule has 1 aliphatic carbocycles. The molecule has 0 saturated heterocycles. The van der Waals surface area contributed by atoms with Gasteiger partial charge in [-0.3, -0.25) is 9.59 Å². The van der Waals surface area contributed by atoms with Crippen LogP contribution in [-0.4, -0.2) is 11.6 Å². The second-order valence-corrected chi connectivity index (χ2v) is 7.31. The fourth-order valence-electron chi connectivity index (χ4n) is 3.72. The number of ketones is 2. The fraction of sp³-hybridized carbons (Fsp3) is 0.895. The zero-order chi connectivity index (χ0) is 15.7. The Morgan fingerprint density at radius 3 is 2.05 bits per heavy atom. The molecule has 0 aromatic carbocycles. The second kappa shape index (κ2) is 10.1. The van der Waals surface area contributed by atoms with Crippen molar-refractivity contribution in [2.45, 2.75) is 91.4 Å². The van der Waals surface area contributed by atoms with Crippen LogP contribution < -0.4 is 0 Å². The summed E-state index contributed by atoms with van der Waals surface area (Å²) in [7, 11) is 0. The van der Waals surface area contributed by atoms with Crippen LogP contribution in [0.1, 0.15) is 91.4 Å². The number of hydrogen-bond acceptors (Lipinski definition) is 2. The lowest BCUT2D eigenvalue weighted by molar-refractivity contribution is -0.124. The summed E-state index contributed by atoms with van der Waals surface area (Å²) >= 11 is 0. The third kappa shape index (κ3) is 7.78. The van der Waals surface area contributed by atoms with E-state index in [1.807, 2.05) is 0 Å². The Balaban J connectivity index is 2.23. The highest BCUT2D eigenvalue weighted by Gasteiger charge is 2.24. The van der Waals surface area contributed by atoms with Gasteiger partial charge in [0.05, 0.1) is 0 Å². The monoisotopic (exact) mass is 294 g/mol. The van der Waals surface area contributed by atoms with Crippen molar-refractivity contribution in [1.82, 2.24) is 0 Å². The second-order valence-electron chi connectivity index (χ2n) is 7.31. The molecule has 0 radical (unpaired) electrons. The summed E-state index contributed by atoms with van der Waals surface area (Å²) in [5.41, 5.74) is 0. The number of rotatable bonds is 10. The quantitative estimate of drug-likeness (QED) is 0.545. The summed E-state index contributed by atoms with van der Waals surface area (Å²) < 4.78 is 0. The highest BCUT2D eigenvalue weighted by atomic mass is 16.1. The van der Waals surface area contributed by atoms with Crippen LogP contribution in [0, 0.1) is 17.8 Å². The molecule has 1 saturated carbocycles. The van der Waals surface area contributed by atoms with E-state index in [2.05, 4.69) is 20.8 Å². The molecular weight excluding hydrogens is 260 g/mol. The van der Waals surface area contributed by atoms with Gasteiger partial charge in [0.25, 0.3) is 0 Å². The first-order valence-corrected chi connectivity index (χ1v) is 9.06. The third-order valence-electron chi connectivity index (χ3n) is 4.84. The van der Waals surface area contributed by atoms with Crippen molar-refractivity contribution in [3.05, 3.63) is 0 Å². The van der Waals surface area contributed by atoms with Gasteiger partial charge < -0.3 is 0 Å². The lowest BCUT2D eigenvalue weighted by Crippen LogP contribution is -2.20. The first-order valence-electron chi connectivity index (χ1n) is 9.06. The largest absolute Gasteiger partial charge is 0.300 e. The van der Waals surface area contributed by atoms with Gasteiger partial charge in [0, 0.05) is 25.7 Å². The summed E-state index contributed by atoms with van der Waals surface area (Å²) in [5, 5.41) is 0. The molecule has 21 heavy (non-hydrogen) atoms. The number of carbonyl (C=O) groups is 2. The van der Waals surface area contributed by atoms with Gasteiger partial charge in [-0.2, -0.15) is 0 Å². The average molecular weight is 294 g/mol. The molecule has 1 rings (SSSR count). The standard InChI is InChI=1S/C19H34O2/c1-4-7-16-8-5-6-9-17(16)10-11-18(20)12-13-19(21)14-15(2)3/h15-17H,4-14H2,1-3H3. The molecule has 0 heterocycles. The normalized spacial score (nSPS) is 22.5. The molecule has 0 spiro atoms. The van der Waals surface area contributed by atoms with Crippen LogP contribution >= 0.6 is 0 Å². The smallest absolute Gasteiger partial charge is 0.133 e. The average Bonchev–Trinajstić information content (AvgIpc) is 2.44. The van der Waals surface area contributed by atoms with Crippen molar-refractivity contribution < 1.29 is 9.59 Å². The van der Waals surface area contributed by atoms with E-state index in [9.17, 15) is 9.59 Å². The van der Waals surface area contributed by atoms with Gasteiger partial charge >= 0.3 is 0 Å². The summed E-state index contributed by atoms with van der Waals surface area (Å²) in [6.07, 6.45) is 11.3. The van der Waals surface area contributed by atoms with E-state index in [1.165, 1.54) is 38.5 Å². The minimum atomic E-state index is 0.250. The first-order chi connectivity index (χ1) is 10.0. The van der Waals surface area contributed by atoms with Crippen LogP contribution in [0.5, 0.6) is 0 Å². The van der Waals surface area contributed by atoms with Crippen molar-refractivity contribution in [2.24, 2.45) is 17.8 Å². The van der Waals surface area contributed by atoms with Gasteiger partial charge in [-0.1, -0.05) is 59.3 Å². The van der Waals surface area contributed by atoms with Crippen LogP contribution in [0.3, 0.4) is 0 Å². The Bertz CT molecular complexity index is 318. The molecule has 2 unspecified atom stereocenters. The fourth-order valence-corrected chi connectivity index (χ4v) is 3.72. The lowest BCUT2D eigenvalue weighted by Gasteiger charge is -2.31. The molecule has 2 atom stereocenters. The minimum absolute atomic E-state index is 0.250. The van der Waals surface area contributed by atoms with Crippen molar-refractivity contribution >= 4 is 11.6 Å². The van der Waals surface area contributed by atoms with E-state index in [4.69, 9.17) is 0 Å². The highest BCUT2D eigenvalue weighted by Crippen LogP contribution is 2.36. The lowest BCUT2D eigenvalue weighted by atomic mass is 9.74. The number of hydrogen-bond donors (Lipinski definition) is 0. The number of carbonyl (C=O) groups excluding carboxylic acids is 2. The molecule has 0 bridgehead atoms. The maximum absolute atomic E-state index is 12.0. The molecule has 0 aliphatic heterocycles. The maximum atomic E-state index is 12.0. The molecule has 0 amide bonds. The van der Waals surface area contributed by atoms with Gasteiger partial charge in [-0.15, -0.1) is 0 Å². The first kappa shape index (κ1) is 18.4. The Morgan fingerprint density at radius 1 is 0.905 bits per heavy atom. The van der Waals surface area contributed by atoms with Crippen molar-refractivity contribution in [2.75, 3.05) is 0 Å². The Kier molecular flexibility index (Phi) is 8.87. The predicted molar refractivity (Wildman–Crippen MR) is 88.3 cm³/mol. The maximum Gasteiger partial charge on any atom is 0.133 e. The van der Waals surface area contributed by atoms with E-state index in [0.29, 0.717) is 37.4 Å². The van der Waals surface area contributed by atoms with E-state index in [-0.39, 0.29) is 5.78 Å². The van der Waals surface area contributed by atoms with E-state index in [1.54, 1.807) is 0 Å². The molecular formula is C19H34O2. The van der Waals surface area contributed by atoms with Crippen LogP contribution in [0.15, 0.2) is 0 Å². The molecule has 122 valence electrons. The van der Waals surface area contributed by atoms with Crippen LogP contribution in [-0.2, 0) is 9.59 Å². The van der Waals surface area contributed by atoms with Crippen LogP contribution in [0.4, 0.5) is 0 Å². The van der Waals surface area contributed by atoms with E-state index < -0.39 is 0 Å².